The summed E-state index contributed by atoms with van der Waals surface area (Å²) in [5, 5.41) is 3.41. The van der Waals surface area contributed by atoms with Crippen molar-refractivity contribution in [2.75, 3.05) is 11.1 Å². The lowest BCUT2D eigenvalue weighted by molar-refractivity contribution is 1.13. The molecule has 0 fully saturated rings. The molecule has 0 saturated carbocycles. The van der Waals surface area contributed by atoms with E-state index in [0.29, 0.717) is 5.82 Å². The van der Waals surface area contributed by atoms with E-state index in [2.05, 4.69) is 22.4 Å². The lowest BCUT2D eigenvalue weighted by Crippen LogP contribution is -2.02. The van der Waals surface area contributed by atoms with Crippen LogP contribution < -0.4 is 11.1 Å². The van der Waals surface area contributed by atoms with Crippen LogP contribution in [-0.2, 0) is 6.54 Å². The van der Waals surface area contributed by atoms with Gasteiger partial charge in [-0.1, -0.05) is 30.3 Å². The van der Waals surface area contributed by atoms with Crippen molar-refractivity contribution in [2.24, 2.45) is 0 Å². The van der Waals surface area contributed by atoms with Gasteiger partial charge in [0.05, 0.1) is 11.4 Å². The number of anilines is 2. The smallest absolute Gasteiger partial charge is 0.162 e. The molecule has 0 atom stereocenters. The number of aromatic nitrogens is 2. The van der Waals surface area contributed by atoms with Crippen LogP contribution in [0.5, 0.6) is 0 Å². The van der Waals surface area contributed by atoms with Crippen molar-refractivity contribution < 1.29 is 0 Å². The van der Waals surface area contributed by atoms with Crippen LogP contribution in [0.2, 0.25) is 0 Å². The highest BCUT2D eigenvalue weighted by molar-refractivity contribution is 5.71. The summed E-state index contributed by atoms with van der Waals surface area (Å²) in [6.07, 6.45) is 1.93. The number of nitrogens with zero attached hydrogens (tertiary/aromatic N) is 2. The van der Waals surface area contributed by atoms with Gasteiger partial charge in [0.2, 0.25) is 0 Å². The maximum absolute atomic E-state index is 5.99. The van der Waals surface area contributed by atoms with Gasteiger partial charge in [-0.25, -0.2) is 4.98 Å². The average Bonchev–Trinajstić information content (AvgIpc) is 2.74. The zero-order valence-corrected chi connectivity index (χ0v) is 10.8. The molecule has 2 heterocycles. The van der Waals surface area contributed by atoms with Gasteiger partial charge < -0.3 is 11.1 Å². The van der Waals surface area contributed by atoms with Crippen LogP contribution >= 0.6 is 0 Å². The molecular formula is C15H16N4. The minimum atomic E-state index is 0.693. The number of hydrogen-bond donors (Lipinski definition) is 2. The first-order chi connectivity index (χ1) is 9.25. The molecule has 0 unspecified atom stereocenters. The van der Waals surface area contributed by atoms with Crippen LogP contribution in [0, 0.1) is 6.92 Å². The highest BCUT2D eigenvalue weighted by Gasteiger charge is 2.08. The number of pyridine rings is 1. The quantitative estimate of drug-likeness (QED) is 0.753. The van der Waals surface area contributed by atoms with Crippen molar-refractivity contribution in [3.63, 3.8) is 0 Å². The zero-order valence-electron chi connectivity index (χ0n) is 10.8. The topological polar surface area (TPSA) is 55.4 Å². The number of imidazole rings is 1. The van der Waals surface area contributed by atoms with Gasteiger partial charge in [-0.05, 0) is 24.6 Å². The normalized spacial score (nSPS) is 10.8. The van der Waals surface area contributed by atoms with Crippen molar-refractivity contribution in [1.29, 1.82) is 0 Å². The van der Waals surface area contributed by atoms with E-state index in [0.717, 1.165) is 23.6 Å². The summed E-state index contributed by atoms with van der Waals surface area (Å²) >= 11 is 0. The highest BCUT2D eigenvalue weighted by Crippen LogP contribution is 2.21. The maximum Gasteiger partial charge on any atom is 0.162 e. The molecule has 0 bridgehead atoms. The molecule has 4 heteroatoms. The third kappa shape index (κ3) is 2.12. The van der Waals surface area contributed by atoms with Crippen LogP contribution in [0.1, 0.15) is 11.3 Å². The van der Waals surface area contributed by atoms with Crippen molar-refractivity contribution in [3.05, 3.63) is 59.9 Å². The second-order valence-corrected chi connectivity index (χ2v) is 4.54. The summed E-state index contributed by atoms with van der Waals surface area (Å²) in [4.78, 5) is 4.50. The van der Waals surface area contributed by atoms with Gasteiger partial charge in [0.1, 0.15) is 5.82 Å². The van der Waals surface area contributed by atoms with Gasteiger partial charge in [-0.3, -0.25) is 4.40 Å². The number of nitrogens with one attached hydrogen (secondary N) is 1. The minimum Gasteiger partial charge on any atom is -0.383 e. The Morgan fingerprint density at radius 3 is 2.74 bits per heavy atom. The number of aryl methyl sites for hydroxylation is 1. The highest BCUT2D eigenvalue weighted by atomic mass is 15.1. The van der Waals surface area contributed by atoms with Crippen LogP contribution in [0.3, 0.4) is 0 Å². The summed E-state index contributed by atoms with van der Waals surface area (Å²) < 4.78 is 1.91. The first-order valence-electron chi connectivity index (χ1n) is 6.26. The Morgan fingerprint density at radius 1 is 1.16 bits per heavy atom. The first-order valence-corrected chi connectivity index (χ1v) is 6.26. The Hall–Kier alpha value is -2.49. The summed E-state index contributed by atoms with van der Waals surface area (Å²) in [7, 11) is 0. The third-order valence-electron chi connectivity index (χ3n) is 3.20. The van der Waals surface area contributed by atoms with Gasteiger partial charge in [-0.2, -0.15) is 0 Å². The predicted molar refractivity (Wildman–Crippen MR) is 78.1 cm³/mol. The van der Waals surface area contributed by atoms with E-state index in [-0.39, 0.29) is 0 Å². The van der Waals surface area contributed by atoms with Gasteiger partial charge in [0.15, 0.2) is 5.65 Å². The number of rotatable bonds is 3. The number of hydrogen-bond acceptors (Lipinski definition) is 3. The monoisotopic (exact) mass is 252 g/mol. The molecule has 3 N–H and O–H groups in total. The van der Waals surface area contributed by atoms with Gasteiger partial charge in [0.25, 0.3) is 0 Å². The Bertz CT molecular complexity index is 701. The summed E-state index contributed by atoms with van der Waals surface area (Å²) in [5.74, 6) is 0.693. The van der Waals surface area contributed by atoms with E-state index in [4.69, 9.17) is 5.73 Å². The molecule has 0 aliphatic heterocycles. The molecule has 3 aromatic rings. The van der Waals surface area contributed by atoms with E-state index >= 15 is 0 Å². The van der Waals surface area contributed by atoms with Crippen LogP contribution in [-0.4, -0.2) is 9.38 Å². The van der Waals surface area contributed by atoms with Crippen molar-refractivity contribution in [2.45, 2.75) is 13.5 Å². The Kier molecular flexibility index (Phi) is 2.83. The van der Waals surface area contributed by atoms with E-state index in [1.165, 1.54) is 5.56 Å². The van der Waals surface area contributed by atoms with Crippen molar-refractivity contribution in [3.8, 4) is 0 Å². The molecule has 0 aliphatic rings. The molecule has 0 aliphatic carbocycles. The molecule has 2 aromatic heterocycles. The second kappa shape index (κ2) is 4.65. The number of nitrogens with two attached hydrogens (primary N) is 1. The molecule has 0 saturated heterocycles. The van der Waals surface area contributed by atoms with E-state index in [1.54, 1.807) is 0 Å². The van der Waals surface area contributed by atoms with Crippen molar-refractivity contribution in [1.82, 2.24) is 9.38 Å². The third-order valence-corrected chi connectivity index (χ3v) is 3.20. The number of fused-ring (bicyclic) bond motifs is 1. The molecule has 1 aromatic carbocycles. The Balaban J connectivity index is 1.91. The molecule has 4 nitrogen and oxygen atoms in total. The molecular weight excluding hydrogens is 236 g/mol. The van der Waals surface area contributed by atoms with Gasteiger partial charge in [-0.15, -0.1) is 0 Å². The lowest BCUT2D eigenvalue weighted by atomic mass is 10.2. The van der Waals surface area contributed by atoms with E-state index in [1.807, 2.05) is 47.9 Å². The molecule has 0 amide bonds. The van der Waals surface area contributed by atoms with Gasteiger partial charge >= 0.3 is 0 Å². The average molecular weight is 252 g/mol. The predicted octanol–water partition coefficient (Wildman–Crippen LogP) is 2.84. The van der Waals surface area contributed by atoms with E-state index < -0.39 is 0 Å². The summed E-state index contributed by atoms with van der Waals surface area (Å²) in [6.45, 7) is 2.69. The van der Waals surface area contributed by atoms with Crippen LogP contribution in [0.15, 0.2) is 48.7 Å². The Labute approximate surface area is 111 Å². The molecule has 0 spiro atoms. The summed E-state index contributed by atoms with van der Waals surface area (Å²) in [5.41, 5.74) is 9.94. The van der Waals surface area contributed by atoms with Crippen molar-refractivity contribution >= 4 is 17.2 Å². The molecule has 0 radical (unpaired) electrons. The SMILES string of the molecule is Cc1nc2c(NCc3ccccc3)cccn2c1N. The fourth-order valence-electron chi connectivity index (χ4n) is 2.13. The zero-order chi connectivity index (χ0) is 13.2. The maximum atomic E-state index is 5.99. The van der Waals surface area contributed by atoms with Crippen LogP contribution in [0.25, 0.3) is 5.65 Å². The first kappa shape index (κ1) is 11.6. The fourth-order valence-corrected chi connectivity index (χ4v) is 2.13. The standard InChI is InChI=1S/C15H16N4/c1-11-14(16)19-9-5-8-13(15(19)18-11)17-10-12-6-3-2-4-7-12/h2-9,17H,10,16H2,1H3. The molecule has 3 rings (SSSR count). The lowest BCUT2D eigenvalue weighted by Gasteiger charge is -2.07. The number of nitrogen functional groups attached to an aromatic ring is 1. The minimum absolute atomic E-state index is 0.693. The summed E-state index contributed by atoms with van der Waals surface area (Å²) in [6, 6.07) is 14.3. The fraction of sp³-hybridized carbons (Fsp3) is 0.133. The largest absolute Gasteiger partial charge is 0.383 e. The Morgan fingerprint density at radius 2 is 1.95 bits per heavy atom. The van der Waals surface area contributed by atoms with E-state index in [9.17, 15) is 0 Å². The molecule has 19 heavy (non-hydrogen) atoms. The van der Waals surface area contributed by atoms with Crippen LogP contribution in [0.4, 0.5) is 11.5 Å². The molecule has 96 valence electrons. The second-order valence-electron chi connectivity index (χ2n) is 4.54. The van der Waals surface area contributed by atoms with Gasteiger partial charge in [0, 0.05) is 12.7 Å². The number of benzene rings is 1.